The van der Waals surface area contributed by atoms with Crippen LogP contribution in [-0.4, -0.2) is 27.5 Å². The fourth-order valence-electron chi connectivity index (χ4n) is 3.35. The van der Waals surface area contributed by atoms with Gasteiger partial charge in [-0.3, -0.25) is 4.68 Å². The van der Waals surface area contributed by atoms with Gasteiger partial charge in [-0.05, 0) is 25.2 Å². The van der Waals surface area contributed by atoms with Crippen LogP contribution in [0.3, 0.4) is 0 Å². The quantitative estimate of drug-likeness (QED) is 0.893. The summed E-state index contributed by atoms with van der Waals surface area (Å²) in [6, 6.07) is 0. The van der Waals surface area contributed by atoms with E-state index in [0.717, 1.165) is 24.2 Å². The zero-order valence-corrected chi connectivity index (χ0v) is 13.0. The predicted octanol–water partition coefficient (Wildman–Crippen LogP) is 2.05. The normalized spacial score (nSPS) is 29.9. The van der Waals surface area contributed by atoms with Gasteiger partial charge in [0, 0.05) is 25.4 Å². The summed E-state index contributed by atoms with van der Waals surface area (Å²) < 4.78 is 1.81. The fourth-order valence-corrected chi connectivity index (χ4v) is 3.58. The van der Waals surface area contributed by atoms with Gasteiger partial charge in [0.15, 0.2) is 0 Å². The first-order valence-corrected chi connectivity index (χ1v) is 7.17. The number of aryl methyl sites for hydroxylation is 2. The smallest absolute Gasteiger partial charge is 0.0847 e. The summed E-state index contributed by atoms with van der Waals surface area (Å²) in [5.74, 6) is 0. The van der Waals surface area contributed by atoms with E-state index in [4.69, 9.17) is 17.3 Å². The first kappa shape index (κ1) is 14.8. The number of nitrogens with zero attached hydrogens (tertiary/aromatic N) is 2. The van der Waals surface area contributed by atoms with E-state index in [1.807, 2.05) is 18.7 Å². The Balaban J connectivity index is 2.35. The van der Waals surface area contributed by atoms with Gasteiger partial charge in [-0.25, -0.2) is 0 Å². The van der Waals surface area contributed by atoms with E-state index in [1.165, 1.54) is 0 Å². The van der Waals surface area contributed by atoms with Crippen molar-refractivity contribution < 1.29 is 5.11 Å². The van der Waals surface area contributed by atoms with Gasteiger partial charge in [0.1, 0.15) is 0 Å². The number of hydrogen-bond donors (Lipinski definition) is 2. The van der Waals surface area contributed by atoms with E-state index in [-0.39, 0.29) is 10.8 Å². The van der Waals surface area contributed by atoms with Crippen LogP contribution >= 0.6 is 11.6 Å². The molecule has 1 saturated carbocycles. The van der Waals surface area contributed by atoms with Gasteiger partial charge in [0.25, 0.3) is 0 Å². The summed E-state index contributed by atoms with van der Waals surface area (Å²) in [6.07, 6.45) is 2.19. The van der Waals surface area contributed by atoms with Gasteiger partial charge in [-0.15, -0.1) is 0 Å². The first-order valence-electron chi connectivity index (χ1n) is 6.79. The molecule has 0 amide bonds. The second kappa shape index (κ2) is 4.76. The molecule has 0 aromatic carbocycles. The van der Waals surface area contributed by atoms with Crippen molar-refractivity contribution in [1.82, 2.24) is 9.78 Å². The molecule has 19 heavy (non-hydrogen) atoms. The first-order chi connectivity index (χ1) is 8.73. The molecule has 1 heterocycles. The van der Waals surface area contributed by atoms with Crippen LogP contribution in [0.1, 0.15) is 38.1 Å². The number of aliphatic hydroxyl groups is 1. The Kier molecular flexibility index (Phi) is 3.71. The highest BCUT2D eigenvalue weighted by atomic mass is 35.5. The lowest BCUT2D eigenvalue weighted by Crippen LogP contribution is -2.44. The predicted molar refractivity (Wildman–Crippen MR) is 77.2 cm³/mol. The monoisotopic (exact) mass is 285 g/mol. The summed E-state index contributed by atoms with van der Waals surface area (Å²) in [6.45, 7) is 6.57. The Bertz CT molecular complexity index is 483. The summed E-state index contributed by atoms with van der Waals surface area (Å²) in [5.41, 5.74) is 7.44. The summed E-state index contributed by atoms with van der Waals surface area (Å²) in [7, 11) is 1.89. The molecule has 2 unspecified atom stereocenters. The van der Waals surface area contributed by atoms with Crippen LogP contribution in [0.2, 0.25) is 5.02 Å². The van der Waals surface area contributed by atoms with Gasteiger partial charge >= 0.3 is 0 Å². The number of rotatable bonds is 3. The zero-order valence-electron chi connectivity index (χ0n) is 12.2. The van der Waals surface area contributed by atoms with Crippen molar-refractivity contribution in [3.8, 4) is 0 Å². The minimum absolute atomic E-state index is 0.0838. The highest BCUT2D eigenvalue weighted by molar-refractivity contribution is 6.31. The minimum Gasteiger partial charge on any atom is -0.392 e. The zero-order chi connectivity index (χ0) is 14.4. The van der Waals surface area contributed by atoms with Crippen molar-refractivity contribution in [2.24, 2.45) is 23.6 Å². The van der Waals surface area contributed by atoms with Crippen molar-refractivity contribution in [2.45, 2.75) is 46.1 Å². The van der Waals surface area contributed by atoms with Crippen LogP contribution in [0.15, 0.2) is 0 Å². The number of aromatic nitrogens is 2. The van der Waals surface area contributed by atoms with Gasteiger partial charge in [0.2, 0.25) is 0 Å². The Morgan fingerprint density at radius 2 is 2.11 bits per heavy atom. The Morgan fingerprint density at radius 3 is 2.47 bits per heavy atom. The number of hydrogen-bond acceptors (Lipinski definition) is 3. The SMILES string of the molecule is Cc1nn(C)c(CC2(CN)CCC(C)(C)C2O)c1Cl. The maximum absolute atomic E-state index is 10.7. The van der Waals surface area contributed by atoms with E-state index in [2.05, 4.69) is 18.9 Å². The standard InChI is InChI=1S/C14H24ClN3O/c1-9-11(15)10(18(4)17-9)7-14(8-16)6-5-13(2,3)12(14)19/h12,19H,5-8,16H2,1-4H3. The molecular weight excluding hydrogens is 262 g/mol. The Labute approximate surface area is 119 Å². The maximum Gasteiger partial charge on any atom is 0.0847 e. The lowest BCUT2D eigenvalue weighted by atomic mass is 9.75. The molecule has 5 heteroatoms. The minimum atomic E-state index is -0.406. The molecule has 3 N–H and O–H groups in total. The molecule has 2 rings (SSSR count). The largest absolute Gasteiger partial charge is 0.392 e. The van der Waals surface area contributed by atoms with Gasteiger partial charge < -0.3 is 10.8 Å². The molecule has 1 aliphatic carbocycles. The number of halogens is 1. The highest BCUT2D eigenvalue weighted by Gasteiger charge is 2.51. The molecular formula is C14H24ClN3O. The van der Waals surface area contributed by atoms with Crippen LogP contribution in [0.5, 0.6) is 0 Å². The second-order valence-corrected chi connectivity index (χ2v) is 6.98. The lowest BCUT2D eigenvalue weighted by molar-refractivity contribution is -0.00544. The molecule has 1 aromatic heterocycles. The van der Waals surface area contributed by atoms with E-state index in [1.54, 1.807) is 0 Å². The molecule has 0 saturated heterocycles. The summed E-state index contributed by atoms with van der Waals surface area (Å²) in [4.78, 5) is 0. The molecule has 1 aromatic rings. The second-order valence-electron chi connectivity index (χ2n) is 6.60. The molecule has 2 atom stereocenters. The molecule has 0 bridgehead atoms. The third-order valence-corrected chi connectivity index (χ3v) is 5.27. The van der Waals surface area contributed by atoms with Gasteiger partial charge in [0.05, 0.1) is 22.5 Å². The number of nitrogens with two attached hydrogens (primary N) is 1. The van der Waals surface area contributed by atoms with Crippen molar-refractivity contribution in [3.05, 3.63) is 16.4 Å². The Hall–Kier alpha value is -0.580. The van der Waals surface area contributed by atoms with E-state index in [0.29, 0.717) is 18.0 Å². The maximum atomic E-state index is 10.7. The molecule has 0 radical (unpaired) electrons. The molecule has 0 spiro atoms. The summed E-state index contributed by atoms with van der Waals surface area (Å²) in [5, 5.41) is 15.7. The number of aliphatic hydroxyl groups excluding tert-OH is 1. The van der Waals surface area contributed by atoms with Crippen LogP contribution < -0.4 is 5.73 Å². The van der Waals surface area contributed by atoms with Crippen LogP contribution in [0.25, 0.3) is 0 Å². The molecule has 1 fully saturated rings. The van der Waals surface area contributed by atoms with Gasteiger partial charge in [-0.1, -0.05) is 25.4 Å². The Morgan fingerprint density at radius 1 is 1.47 bits per heavy atom. The van der Waals surface area contributed by atoms with Crippen LogP contribution in [0, 0.1) is 17.8 Å². The third-order valence-electron chi connectivity index (χ3n) is 4.78. The van der Waals surface area contributed by atoms with Crippen LogP contribution in [0.4, 0.5) is 0 Å². The van der Waals surface area contributed by atoms with Gasteiger partial charge in [-0.2, -0.15) is 5.10 Å². The van der Waals surface area contributed by atoms with Crippen molar-refractivity contribution in [3.63, 3.8) is 0 Å². The van der Waals surface area contributed by atoms with E-state index < -0.39 is 6.10 Å². The third kappa shape index (κ3) is 2.30. The van der Waals surface area contributed by atoms with Crippen molar-refractivity contribution >= 4 is 11.6 Å². The van der Waals surface area contributed by atoms with Crippen molar-refractivity contribution in [1.29, 1.82) is 0 Å². The van der Waals surface area contributed by atoms with Crippen molar-refractivity contribution in [2.75, 3.05) is 6.54 Å². The summed E-state index contributed by atoms with van der Waals surface area (Å²) >= 11 is 6.32. The molecule has 1 aliphatic rings. The fraction of sp³-hybridized carbons (Fsp3) is 0.786. The van der Waals surface area contributed by atoms with Crippen LogP contribution in [-0.2, 0) is 13.5 Å². The molecule has 4 nitrogen and oxygen atoms in total. The average Bonchev–Trinajstić information content (AvgIpc) is 2.72. The average molecular weight is 286 g/mol. The van der Waals surface area contributed by atoms with E-state index >= 15 is 0 Å². The topological polar surface area (TPSA) is 64.1 Å². The molecule has 108 valence electrons. The lowest BCUT2D eigenvalue weighted by Gasteiger charge is -2.36. The molecule has 0 aliphatic heterocycles. The van der Waals surface area contributed by atoms with E-state index in [9.17, 15) is 5.11 Å². The highest BCUT2D eigenvalue weighted by Crippen LogP contribution is 2.50.